The predicted octanol–water partition coefficient (Wildman–Crippen LogP) is 2.82. The standard InChI is InChI=1S/C15H19N3O2S/c1-11(2)14-16-17-15(21-10-13(19)20)18(14)9-8-12-6-4-3-5-7-12/h3-7,11H,8-10H2,1-2H3,(H,19,20). The van der Waals surface area contributed by atoms with Crippen molar-refractivity contribution < 1.29 is 9.90 Å². The van der Waals surface area contributed by atoms with Crippen LogP contribution < -0.4 is 0 Å². The lowest BCUT2D eigenvalue weighted by Crippen LogP contribution is -2.10. The normalized spacial score (nSPS) is 11.0. The molecule has 0 unspecified atom stereocenters. The highest BCUT2D eigenvalue weighted by molar-refractivity contribution is 7.99. The van der Waals surface area contributed by atoms with E-state index < -0.39 is 5.97 Å². The van der Waals surface area contributed by atoms with E-state index in [0.717, 1.165) is 18.8 Å². The molecule has 5 nitrogen and oxygen atoms in total. The second kappa shape index (κ2) is 7.26. The molecule has 6 heteroatoms. The number of nitrogens with zero attached hydrogens (tertiary/aromatic N) is 3. The number of hydrogen-bond donors (Lipinski definition) is 1. The summed E-state index contributed by atoms with van der Waals surface area (Å²) in [4.78, 5) is 10.7. The first-order valence-corrected chi connectivity index (χ1v) is 7.88. The second-order valence-corrected chi connectivity index (χ2v) is 6.01. The first-order valence-electron chi connectivity index (χ1n) is 6.89. The zero-order valence-electron chi connectivity index (χ0n) is 12.2. The zero-order chi connectivity index (χ0) is 15.2. The van der Waals surface area contributed by atoms with Crippen LogP contribution in [0.3, 0.4) is 0 Å². The molecule has 0 saturated heterocycles. The van der Waals surface area contributed by atoms with Crippen molar-refractivity contribution in [1.82, 2.24) is 14.8 Å². The Morgan fingerprint density at radius 1 is 1.29 bits per heavy atom. The first kappa shape index (κ1) is 15.6. The van der Waals surface area contributed by atoms with Crippen molar-refractivity contribution in [3.05, 3.63) is 41.7 Å². The Kier molecular flexibility index (Phi) is 5.38. The third-order valence-corrected chi connectivity index (χ3v) is 4.01. The third-order valence-electron chi connectivity index (χ3n) is 3.05. The number of aryl methyl sites for hydroxylation is 1. The molecule has 0 aliphatic rings. The smallest absolute Gasteiger partial charge is 0.313 e. The molecule has 0 fully saturated rings. The van der Waals surface area contributed by atoms with Crippen molar-refractivity contribution in [3.8, 4) is 0 Å². The van der Waals surface area contributed by atoms with Gasteiger partial charge < -0.3 is 9.67 Å². The predicted molar refractivity (Wildman–Crippen MR) is 82.6 cm³/mol. The minimum atomic E-state index is -0.844. The topological polar surface area (TPSA) is 68.0 Å². The summed E-state index contributed by atoms with van der Waals surface area (Å²) in [6.07, 6.45) is 0.874. The molecule has 21 heavy (non-hydrogen) atoms. The van der Waals surface area contributed by atoms with Crippen LogP contribution in [0, 0.1) is 0 Å². The Labute approximate surface area is 128 Å². The molecular formula is C15H19N3O2S. The highest BCUT2D eigenvalue weighted by Crippen LogP contribution is 2.21. The van der Waals surface area contributed by atoms with Gasteiger partial charge in [0.2, 0.25) is 0 Å². The molecular weight excluding hydrogens is 286 g/mol. The maximum absolute atomic E-state index is 10.7. The largest absolute Gasteiger partial charge is 0.481 e. The van der Waals surface area contributed by atoms with Crippen LogP contribution >= 0.6 is 11.8 Å². The van der Waals surface area contributed by atoms with Gasteiger partial charge in [-0.15, -0.1) is 10.2 Å². The minimum Gasteiger partial charge on any atom is -0.481 e. The quantitative estimate of drug-likeness (QED) is 0.797. The van der Waals surface area contributed by atoms with Crippen molar-refractivity contribution in [2.75, 3.05) is 5.75 Å². The highest BCUT2D eigenvalue weighted by atomic mass is 32.2. The lowest BCUT2D eigenvalue weighted by Gasteiger charge is -2.11. The summed E-state index contributed by atoms with van der Waals surface area (Å²) >= 11 is 1.22. The van der Waals surface area contributed by atoms with Gasteiger partial charge in [-0.05, 0) is 12.0 Å². The SMILES string of the molecule is CC(C)c1nnc(SCC(=O)O)n1CCc1ccccc1. The first-order chi connectivity index (χ1) is 10.1. The lowest BCUT2D eigenvalue weighted by molar-refractivity contribution is -0.133. The Morgan fingerprint density at radius 3 is 2.62 bits per heavy atom. The number of carboxylic acid groups (broad SMARTS) is 1. The van der Waals surface area contributed by atoms with Crippen molar-refractivity contribution in [2.45, 2.75) is 37.9 Å². The van der Waals surface area contributed by atoms with Crippen LogP contribution in [0.4, 0.5) is 0 Å². The van der Waals surface area contributed by atoms with E-state index in [0.29, 0.717) is 5.16 Å². The molecule has 2 aromatic rings. The van der Waals surface area contributed by atoms with E-state index in [-0.39, 0.29) is 11.7 Å². The number of aromatic nitrogens is 3. The van der Waals surface area contributed by atoms with Gasteiger partial charge in [-0.1, -0.05) is 55.9 Å². The van der Waals surface area contributed by atoms with Crippen LogP contribution in [0.5, 0.6) is 0 Å². The summed E-state index contributed by atoms with van der Waals surface area (Å²) in [6, 6.07) is 10.2. The van der Waals surface area contributed by atoms with Crippen LogP contribution in [0.1, 0.15) is 31.2 Å². The van der Waals surface area contributed by atoms with Gasteiger partial charge in [0.05, 0.1) is 5.75 Å². The molecule has 0 aliphatic carbocycles. The Balaban J connectivity index is 2.14. The molecule has 1 aromatic carbocycles. The van der Waals surface area contributed by atoms with Crippen LogP contribution in [0.2, 0.25) is 0 Å². The maximum atomic E-state index is 10.7. The minimum absolute atomic E-state index is 0.00155. The highest BCUT2D eigenvalue weighted by Gasteiger charge is 2.16. The number of aliphatic carboxylic acids is 1. The molecule has 0 saturated carbocycles. The van der Waals surface area contributed by atoms with Crippen LogP contribution in [0.15, 0.2) is 35.5 Å². The Bertz CT molecular complexity index is 596. The van der Waals surface area contributed by atoms with Gasteiger partial charge in [0, 0.05) is 12.5 Å². The third kappa shape index (κ3) is 4.32. The van der Waals surface area contributed by atoms with Crippen LogP contribution in [-0.4, -0.2) is 31.6 Å². The van der Waals surface area contributed by atoms with E-state index in [1.165, 1.54) is 17.3 Å². The van der Waals surface area contributed by atoms with E-state index in [1.54, 1.807) is 0 Å². The fourth-order valence-electron chi connectivity index (χ4n) is 2.06. The van der Waals surface area contributed by atoms with E-state index in [9.17, 15) is 4.79 Å². The average molecular weight is 305 g/mol. The van der Waals surface area contributed by atoms with Crippen LogP contribution in [-0.2, 0) is 17.8 Å². The number of benzene rings is 1. The van der Waals surface area contributed by atoms with Crippen molar-refractivity contribution in [2.24, 2.45) is 0 Å². The van der Waals surface area contributed by atoms with Gasteiger partial charge in [-0.2, -0.15) is 0 Å². The molecule has 0 atom stereocenters. The number of hydrogen-bond acceptors (Lipinski definition) is 4. The fraction of sp³-hybridized carbons (Fsp3) is 0.400. The summed E-state index contributed by atoms with van der Waals surface area (Å²) in [5.41, 5.74) is 1.25. The molecule has 1 heterocycles. The maximum Gasteiger partial charge on any atom is 0.313 e. The molecule has 1 aromatic heterocycles. The molecule has 0 radical (unpaired) electrons. The summed E-state index contributed by atoms with van der Waals surface area (Å²) in [6.45, 7) is 4.88. The number of thioether (sulfide) groups is 1. The molecule has 1 N–H and O–H groups in total. The molecule has 2 rings (SSSR count). The molecule has 0 aliphatic heterocycles. The van der Waals surface area contributed by atoms with Crippen molar-refractivity contribution in [3.63, 3.8) is 0 Å². The average Bonchev–Trinajstić information content (AvgIpc) is 2.87. The van der Waals surface area contributed by atoms with E-state index in [4.69, 9.17) is 5.11 Å². The van der Waals surface area contributed by atoms with E-state index in [2.05, 4.69) is 36.2 Å². The Hall–Kier alpha value is -1.82. The van der Waals surface area contributed by atoms with Gasteiger partial charge in [0.15, 0.2) is 5.16 Å². The van der Waals surface area contributed by atoms with E-state index in [1.807, 2.05) is 22.8 Å². The number of rotatable bonds is 7. The number of carbonyl (C=O) groups is 1. The molecule has 112 valence electrons. The molecule has 0 bridgehead atoms. The van der Waals surface area contributed by atoms with Crippen molar-refractivity contribution in [1.29, 1.82) is 0 Å². The van der Waals surface area contributed by atoms with Crippen molar-refractivity contribution >= 4 is 17.7 Å². The van der Waals surface area contributed by atoms with Gasteiger partial charge in [-0.3, -0.25) is 4.79 Å². The van der Waals surface area contributed by atoms with Gasteiger partial charge >= 0.3 is 5.97 Å². The summed E-state index contributed by atoms with van der Waals surface area (Å²) < 4.78 is 2.03. The zero-order valence-corrected chi connectivity index (χ0v) is 13.0. The Morgan fingerprint density at radius 2 is 2.00 bits per heavy atom. The lowest BCUT2D eigenvalue weighted by atomic mass is 10.1. The summed E-state index contributed by atoms with van der Waals surface area (Å²) in [7, 11) is 0. The summed E-state index contributed by atoms with van der Waals surface area (Å²) in [5.74, 6) is 0.316. The monoisotopic (exact) mass is 305 g/mol. The second-order valence-electron chi connectivity index (χ2n) is 5.07. The summed E-state index contributed by atoms with van der Waals surface area (Å²) in [5, 5.41) is 17.8. The van der Waals surface area contributed by atoms with Gasteiger partial charge in [0.25, 0.3) is 0 Å². The van der Waals surface area contributed by atoms with Gasteiger partial charge in [0.1, 0.15) is 5.82 Å². The molecule has 0 spiro atoms. The van der Waals surface area contributed by atoms with E-state index >= 15 is 0 Å². The fourth-order valence-corrected chi connectivity index (χ4v) is 2.75. The van der Waals surface area contributed by atoms with Gasteiger partial charge in [-0.25, -0.2) is 0 Å². The van der Waals surface area contributed by atoms with Crippen LogP contribution in [0.25, 0.3) is 0 Å². The number of carboxylic acids is 1. The molecule has 0 amide bonds.